The number of carbonyl (C=O) groups excluding carboxylic acids is 1. The Hall–Kier alpha value is -3.64. The maximum atomic E-state index is 12.6. The number of amides is 1. The van der Waals surface area contributed by atoms with E-state index in [-0.39, 0.29) is 24.6 Å². The summed E-state index contributed by atoms with van der Waals surface area (Å²) in [6, 6.07) is 9.63. The lowest BCUT2D eigenvalue weighted by atomic mass is 10.1. The second kappa shape index (κ2) is 8.58. The van der Waals surface area contributed by atoms with Gasteiger partial charge in [0.2, 0.25) is 0 Å². The van der Waals surface area contributed by atoms with Crippen molar-refractivity contribution in [3.8, 4) is 23.8 Å². The summed E-state index contributed by atoms with van der Waals surface area (Å²) < 4.78 is 12.8. The van der Waals surface area contributed by atoms with Gasteiger partial charge < -0.3 is 14.0 Å². The van der Waals surface area contributed by atoms with E-state index in [1.54, 1.807) is 35.9 Å². The van der Waals surface area contributed by atoms with Crippen LogP contribution in [0.3, 0.4) is 0 Å². The molecule has 148 valence electrons. The van der Waals surface area contributed by atoms with Crippen LogP contribution in [0.1, 0.15) is 5.56 Å². The van der Waals surface area contributed by atoms with Crippen LogP contribution in [0.25, 0.3) is 10.2 Å². The van der Waals surface area contributed by atoms with Gasteiger partial charge >= 0.3 is 0 Å². The zero-order chi connectivity index (χ0) is 21.0. The molecule has 0 saturated heterocycles. The standard InChI is InChI=1S/C20H17N3O5S/c1-4-9-22-16-8-6-14(23(25)26)11-18(16)29-20(22)21-19(24)10-13-5-7-15(27-2)12-17(13)28-3/h1,5-8,11-12H,9-10H2,2-3H3. The molecule has 2 aromatic carbocycles. The summed E-state index contributed by atoms with van der Waals surface area (Å²) in [5.41, 5.74) is 1.32. The van der Waals surface area contributed by atoms with Crippen LogP contribution in [0, 0.1) is 22.5 Å². The van der Waals surface area contributed by atoms with Crippen molar-refractivity contribution >= 4 is 33.1 Å². The molecule has 3 rings (SSSR count). The molecule has 3 aromatic rings. The molecule has 0 fully saturated rings. The number of ether oxygens (including phenoxy) is 2. The maximum Gasteiger partial charge on any atom is 0.270 e. The van der Waals surface area contributed by atoms with E-state index < -0.39 is 4.92 Å². The highest BCUT2D eigenvalue weighted by molar-refractivity contribution is 7.16. The minimum atomic E-state index is -0.470. The average Bonchev–Trinajstić information content (AvgIpc) is 3.04. The molecular formula is C20H17N3O5S. The van der Waals surface area contributed by atoms with Crippen LogP contribution in [0.5, 0.6) is 11.5 Å². The molecule has 0 unspecified atom stereocenters. The highest BCUT2D eigenvalue weighted by Crippen LogP contribution is 2.26. The largest absolute Gasteiger partial charge is 0.497 e. The fourth-order valence-corrected chi connectivity index (χ4v) is 3.89. The number of non-ortho nitro benzene ring substituents is 1. The third-order valence-electron chi connectivity index (χ3n) is 4.18. The molecular weight excluding hydrogens is 394 g/mol. The first-order chi connectivity index (χ1) is 14.0. The van der Waals surface area contributed by atoms with Gasteiger partial charge in [-0.2, -0.15) is 4.99 Å². The summed E-state index contributed by atoms with van der Waals surface area (Å²) in [4.78, 5) is 27.7. The molecule has 0 atom stereocenters. The first-order valence-corrected chi connectivity index (χ1v) is 9.28. The van der Waals surface area contributed by atoms with Crippen molar-refractivity contribution in [1.29, 1.82) is 0 Å². The van der Waals surface area contributed by atoms with Crippen LogP contribution in [-0.2, 0) is 17.8 Å². The van der Waals surface area contributed by atoms with Gasteiger partial charge in [-0.25, -0.2) is 0 Å². The maximum absolute atomic E-state index is 12.6. The molecule has 0 radical (unpaired) electrons. The number of rotatable bonds is 6. The Morgan fingerprint density at radius 1 is 1.28 bits per heavy atom. The first kappa shape index (κ1) is 20.1. The number of benzene rings is 2. The van der Waals surface area contributed by atoms with Gasteiger partial charge in [0.05, 0.1) is 42.3 Å². The molecule has 0 spiro atoms. The summed E-state index contributed by atoms with van der Waals surface area (Å²) in [6.45, 7) is 0.190. The van der Waals surface area contributed by atoms with Crippen LogP contribution in [0.2, 0.25) is 0 Å². The number of nitro groups is 1. The number of hydrogen-bond acceptors (Lipinski definition) is 6. The number of thiazole rings is 1. The molecule has 0 N–H and O–H groups in total. The lowest BCUT2D eigenvalue weighted by molar-refractivity contribution is -0.384. The monoisotopic (exact) mass is 411 g/mol. The van der Waals surface area contributed by atoms with Gasteiger partial charge in [-0.15, -0.1) is 6.42 Å². The van der Waals surface area contributed by atoms with E-state index in [4.69, 9.17) is 15.9 Å². The zero-order valence-corrected chi connectivity index (χ0v) is 16.6. The lowest BCUT2D eigenvalue weighted by Crippen LogP contribution is -2.17. The number of hydrogen-bond donors (Lipinski definition) is 0. The van der Waals surface area contributed by atoms with Gasteiger partial charge in [0, 0.05) is 23.8 Å². The van der Waals surface area contributed by atoms with Crippen LogP contribution < -0.4 is 14.3 Å². The third kappa shape index (κ3) is 4.28. The molecule has 0 aliphatic heterocycles. The minimum absolute atomic E-state index is 0.0254. The van der Waals surface area contributed by atoms with E-state index in [1.807, 2.05) is 0 Å². The summed E-state index contributed by atoms with van der Waals surface area (Å²) >= 11 is 1.17. The van der Waals surface area contributed by atoms with Crippen molar-refractivity contribution in [2.45, 2.75) is 13.0 Å². The number of nitro benzene ring substituents is 1. The molecule has 0 bridgehead atoms. The Balaban J connectivity index is 2.00. The molecule has 1 amide bonds. The Labute approximate surface area is 170 Å². The number of nitrogens with zero attached hydrogens (tertiary/aromatic N) is 3. The van der Waals surface area contributed by atoms with E-state index in [2.05, 4.69) is 10.9 Å². The predicted octanol–water partition coefficient (Wildman–Crippen LogP) is 2.93. The van der Waals surface area contributed by atoms with E-state index >= 15 is 0 Å². The van der Waals surface area contributed by atoms with E-state index in [1.165, 1.54) is 30.6 Å². The topological polar surface area (TPSA) is 96.0 Å². The molecule has 29 heavy (non-hydrogen) atoms. The normalized spacial score (nSPS) is 11.3. The van der Waals surface area contributed by atoms with Crippen LogP contribution in [0.15, 0.2) is 41.4 Å². The second-order valence-corrected chi connectivity index (χ2v) is 6.95. The predicted molar refractivity (Wildman–Crippen MR) is 109 cm³/mol. The van der Waals surface area contributed by atoms with Gasteiger partial charge in [-0.1, -0.05) is 23.3 Å². The fourth-order valence-electron chi connectivity index (χ4n) is 2.81. The van der Waals surface area contributed by atoms with Crippen molar-refractivity contribution in [1.82, 2.24) is 4.57 Å². The molecule has 0 saturated carbocycles. The van der Waals surface area contributed by atoms with Crippen LogP contribution in [0.4, 0.5) is 5.69 Å². The van der Waals surface area contributed by atoms with Gasteiger partial charge in [0.1, 0.15) is 11.5 Å². The van der Waals surface area contributed by atoms with Crippen LogP contribution >= 0.6 is 11.3 Å². The Kier molecular flexibility index (Phi) is 5.95. The summed E-state index contributed by atoms with van der Waals surface area (Å²) in [6.07, 6.45) is 5.47. The van der Waals surface area contributed by atoms with E-state index in [0.717, 1.165) is 0 Å². The van der Waals surface area contributed by atoms with Crippen molar-refractivity contribution in [3.05, 3.63) is 56.9 Å². The quantitative estimate of drug-likeness (QED) is 0.353. The number of methoxy groups -OCH3 is 2. The zero-order valence-electron chi connectivity index (χ0n) is 15.7. The van der Waals surface area contributed by atoms with Gasteiger partial charge in [-0.05, 0) is 12.1 Å². The SMILES string of the molecule is C#CCn1c(=NC(=O)Cc2ccc(OC)cc2OC)sc2cc([N+](=O)[O-])ccc21. The molecule has 0 aliphatic rings. The summed E-state index contributed by atoms with van der Waals surface area (Å²) in [7, 11) is 3.06. The minimum Gasteiger partial charge on any atom is -0.497 e. The van der Waals surface area contributed by atoms with Crippen LogP contribution in [-0.4, -0.2) is 29.6 Å². The smallest absolute Gasteiger partial charge is 0.270 e. The lowest BCUT2D eigenvalue weighted by Gasteiger charge is -2.08. The van der Waals surface area contributed by atoms with Crippen molar-refractivity contribution in [2.24, 2.45) is 4.99 Å². The number of aromatic nitrogens is 1. The number of terminal acetylenes is 1. The van der Waals surface area contributed by atoms with Gasteiger partial charge in [-0.3, -0.25) is 14.9 Å². The highest BCUT2D eigenvalue weighted by Gasteiger charge is 2.14. The molecule has 8 nitrogen and oxygen atoms in total. The van der Waals surface area contributed by atoms with Gasteiger partial charge in [0.15, 0.2) is 4.80 Å². The molecule has 1 heterocycles. The van der Waals surface area contributed by atoms with Crippen molar-refractivity contribution < 1.29 is 19.2 Å². The molecule has 9 heteroatoms. The Bertz CT molecular complexity index is 1200. The van der Waals surface area contributed by atoms with E-state index in [9.17, 15) is 14.9 Å². The first-order valence-electron chi connectivity index (χ1n) is 8.46. The highest BCUT2D eigenvalue weighted by atomic mass is 32.1. The van der Waals surface area contributed by atoms with E-state index in [0.29, 0.717) is 32.1 Å². The third-order valence-corrected chi connectivity index (χ3v) is 5.22. The van der Waals surface area contributed by atoms with Crippen molar-refractivity contribution in [3.63, 3.8) is 0 Å². The Morgan fingerprint density at radius 3 is 2.72 bits per heavy atom. The van der Waals surface area contributed by atoms with Gasteiger partial charge in [0.25, 0.3) is 11.6 Å². The number of fused-ring (bicyclic) bond motifs is 1. The molecule has 0 aliphatic carbocycles. The summed E-state index contributed by atoms with van der Waals surface area (Å²) in [5, 5.41) is 11.0. The fraction of sp³-hybridized carbons (Fsp3) is 0.200. The molecule has 1 aromatic heterocycles. The number of carbonyl (C=O) groups is 1. The summed E-state index contributed by atoms with van der Waals surface area (Å²) in [5.74, 6) is 3.28. The Morgan fingerprint density at radius 2 is 2.07 bits per heavy atom. The average molecular weight is 411 g/mol. The van der Waals surface area contributed by atoms with Crippen molar-refractivity contribution in [2.75, 3.05) is 14.2 Å². The second-order valence-electron chi connectivity index (χ2n) is 5.94.